The molecule has 2 aromatic rings. The highest BCUT2D eigenvalue weighted by molar-refractivity contribution is 7.98. The molecule has 12 nitrogen and oxygen atoms in total. The molecular formula is C26H36N4O8S. The summed E-state index contributed by atoms with van der Waals surface area (Å²) in [7, 11) is 0. The van der Waals surface area contributed by atoms with Gasteiger partial charge in [0.1, 0.15) is 12.1 Å². The van der Waals surface area contributed by atoms with E-state index in [2.05, 4.69) is 16.0 Å². The van der Waals surface area contributed by atoms with Crippen LogP contribution in [-0.4, -0.2) is 75.9 Å². The molecule has 3 amide bonds. The van der Waals surface area contributed by atoms with Gasteiger partial charge in [-0.05, 0) is 36.3 Å². The first-order chi connectivity index (χ1) is 18.7. The molecule has 39 heavy (non-hydrogen) atoms. The van der Waals surface area contributed by atoms with Crippen molar-refractivity contribution in [1.29, 1.82) is 0 Å². The second-order valence-electron chi connectivity index (χ2n) is 9.13. The van der Waals surface area contributed by atoms with Crippen LogP contribution in [0.25, 0.3) is 0 Å². The van der Waals surface area contributed by atoms with Crippen LogP contribution in [0.5, 0.6) is 11.8 Å². The molecule has 0 radical (unpaired) electrons. The Hall–Kier alpha value is -3.71. The van der Waals surface area contributed by atoms with Gasteiger partial charge in [0.2, 0.25) is 30.0 Å². The number of aromatic hydroxyl groups is 2. The maximum atomic E-state index is 13.3. The molecule has 0 spiro atoms. The number of carbonyl (C=O) groups is 4. The SMILES string of the molecule is CSCCC(NC=O)C(=O)NC(CC(C)C)C(=O)NC(COCc1ccccc1)C(=O)On1c(O)ccc1O. The van der Waals surface area contributed by atoms with Crippen molar-refractivity contribution >= 4 is 36.0 Å². The van der Waals surface area contributed by atoms with Crippen LogP contribution in [0.2, 0.25) is 0 Å². The van der Waals surface area contributed by atoms with E-state index in [0.29, 0.717) is 23.3 Å². The Bertz CT molecular complexity index is 1060. The molecule has 0 saturated heterocycles. The molecule has 214 valence electrons. The van der Waals surface area contributed by atoms with E-state index >= 15 is 0 Å². The minimum atomic E-state index is -1.35. The number of hydrogen-bond donors (Lipinski definition) is 5. The number of aromatic nitrogens is 1. The van der Waals surface area contributed by atoms with Gasteiger partial charge in [0, 0.05) is 12.1 Å². The molecule has 0 aliphatic heterocycles. The average molecular weight is 565 g/mol. The smallest absolute Gasteiger partial charge is 0.357 e. The number of amides is 3. The Kier molecular flexibility index (Phi) is 13.2. The van der Waals surface area contributed by atoms with Crippen LogP contribution in [-0.2, 0) is 30.5 Å². The van der Waals surface area contributed by atoms with Crippen LogP contribution in [0, 0.1) is 5.92 Å². The van der Waals surface area contributed by atoms with Crippen LogP contribution in [0.3, 0.4) is 0 Å². The first kappa shape index (κ1) is 31.5. The minimum Gasteiger partial charge on any atom is -0.492 e. The lowest BCUT2D eigenvalue weighted by molar-refractivity contribution is -0.151. The zero-order valence-electron chi connectivity index (χ0n) is 22.2. The molecule has 1 aromatic carbocycles. The number of nitrogens with zero attached hydrogens (tertiary/aromatic N) is 1. The number of rotatable bonds is 17. The number of carbonyl (C=O) groups excluding carboxylic acids is 4. The van der Waals surface area contributed by atoms with Crippen molar-refractivity contribution in [2.45, 2.75) is 51.4 Å². The summed E-state index contributed by atoms with van der Waals surface area (Å²) < 4.78 is 6.16. The summed E-state index contributed by atoms with van der Waals surface area (Å²) in [5.74, 6) is -2.66. The van der Waals surface area contributed by atoms with Gasteiger partial charge in [-0.2, -0.15) is 11.8 Å². The quantitative estimate of drug-likeness (QED) is 0.176. The molecule has 13 heteroatoms. The molecule has 2 rings (SSSR count). The first-order valence-corrected chi connectivity index (χ1v) is 13.8. The van der Waals surface area contributed by atoms with Crippen LogP contribution >= 0.6 is 11.8 Å². The lowest BCUT2D eigenvalue weighted by atomic mass is 10.0. The fraction of sp³-hybridized carbons (Fsp3) is 0.462. The molecule has 0 fully saturated rings. The minimum absolute atomic E-state index is 0.00164. The first-order valence-electron chi connectivity index (χ1n) is 12.4. The van der Waals surface area contributed by atoms with E-state index in [1.54, 1.807) is 0 Å². The van der Waals surface area contributed by atoms with E-state index in [9.17, 15) is 29.4 Å². The summed E-state index contributed by atoms with van der Waals surface area (Å²) in [6.07, 6.45) is 2.93. The van der Waals surface area contributed by atoms with Crippen molar-refractivity contribution < 1.29 is 39.0 Å². The summed E-state index contributed by atoms with van der Waals surface area (Å²) >= 11 is 1.51. The van der Waals surface area contributed by atoms with Gasteiger partial charge in [0.25, 0.3) is 0 Å². The number of nitrogens with one attached hydrogen (secondary N) is 3. The molecule has 3 unspecified atom stereocenters. The lowest BCUT2D eigenvalue weighted by Crippen LogP contribution is -2.57. The van der Waals surface area contributed by atoms with Gasteiger partial charge in [-0.3, -0.25) is 14.4 Å². The summed E-state index contributed by atoms with van der Waals surface area (Å²) in [6.45, 7) is 3.58. The van der Waals surface area contributed by atoms with Crippen molar-refractivity contribution in [1.82, 2.24) is 20.7 Å². The zero-order valence-corrected chi connectivity index (χ0v) is 23.0. The number of benzene rings is 1. The third-order valence-corrected chi connectivity index (χ3v) is 6.16. The van der Waals surface area contributed by atoms with Crippen molar-refractivity contribution in [2.75, 3.05) is 18.6 Å². The van der Waals surface area contributed by atoms with Crippen LogP contribution in [0.1, 0.15) is 32.3 Å². The predicted molar refractivity (Wildman–Crippen MR) is 145 cm³/mol. The van der Waals surface area contributed by atoms with E-state index in [0.717, 1.165) is 17.7 Å². The van der Waals surface area contributed by atoms with E-state index in [4.69, 9.17) is 9.57 Å². The third kappa shape index (κ3) is 10.5. The largest absolute Gasteiger partial charge is 0.492 e. The Balaban J connectivity index is 2.18. The number of hydrogen-bond acceptors (Lipinski definition) is 9. The summed E-state index contributed by atoms with van der Waals surface area (Å²) in [6, 6.07) is 8.20. The van der Waals surface area contributed by atoms with Gasteiger partial charge in [-0.15, -0.1) is 4.73 Å². The Labute approximate surface area is 231 Å². The monoisotopic (exact) mass is 564 g/mol. The number of thioether (sulfide) groups is 1. The lowest BCUT2D eigenvalue weighted by Gasteiger charge is -2.25. The maximum absolute atomic E-state index is 13.3. The highest BCUT2D eigenvalue weighted by atomic mass is 32.2. The fourth-order valence-electron chi connectivity index (χ4n) is 3.54. The van der Waals surface area contributed by atoms with Gasteiger partial charge in [-0.25, -0.2) is 4.79 Å². The van der Waals surface area contributed by atoms with Crippen molar-refractivity contribution in [3.63, 3.8) is 0 Å². The molecule has 0 bridgehead atoms. The van der Waals surface area contributed by atoms with E-state index in [1.807, 2.05) is 50.4 Å². The van der Waals surface area contributed by atoms with Crippen LogP contribution in [0.4, 0.5) is 0 Å². The van der Waals surface area contributed by atoms with E-state index < -0.39 is 47.7 Å². The standard InChI is InChI=1S/C26H36N4O8S/c1-17(2)13-20(28-24(34)19(27-16-31)11-12-39-3)25(35)29-21(15-37-14-18-7-5-4-6-8-18)26(36)38-30-22(32)9-10-23(30)33/h4-10,16-17,19-21,32-33H,11-15H2,1-3H3,(H,27,31)(H,28,34)(H,29,35). The van der Waals surface area contributed by atoms with Gasteiger partial charge >= 0.3 is 5.97 Å². The van der Waals surface area contributed by atoms with Crippen molar-refractivity contribution in [3.8, 4) is 11.8 Å². The van der Waals surface area contributed by atoms with E-state index in [1.165, 1.54) is 11.8 Å². The van der Waals surface area contributed by atoms with Crippen LogP contribution < -0.4 is 20.8 Å². The van der Waals surface area contributed by atoms with Gasteiger partial charge in [0.05, 0.1) is 13.2 Å². The Morgan fingerprint density at radius 3 is 2.18 bits per heavy atom. The maximum Gasteiger partial charge on any atom is 0.357 e. The molecule has 1 aromatic heterocycles. The fourth-order valence-corrected chi connectivity index (χ4v) is 4.01. The Morgan fingerprint density at radius 2 is 1.59 bits per heavy atom. The topological polar surface area (TPSA) is 168 Å². The molecule has 3 atom stereocenters. The molecular weight excluding hydrogens is 528 g/mol. The third-order valence-electron chi connectivity index (χ3n) is 5.51. The molecule has 0 saturated carbocycles. The summed E-state index contributed by atoms with van der Waals surface area (Å²) in [5.41, 5.74) is 0.834. The molecule has 0 aliphatic carbocycles. The Morgan fingerprint density at radius 1 is 0.974 bits per heavy atom. The normalized spacial score (nSPS) is 13.2. The second kappa shape index (κ2) is 16.3. The molecule has 1 heterocycles. The highest BCUT2D eigenvalue weighted by Crippen LogP contribution is 2.19. The second-order valence-corrected chi connectivity index (χ2v) is 10.1. The molecule has 0 aliphatic rings. The van der Waals surface area contributed by atoms with E-state index in [-0.39, 0.29) is 25.6 Å². The zero-order chi connectivity index (χ0) is 28.8. The average Bonchev–Trinajstić information content (AvgIpc) is 3.22. The van der Waals surface area contributed by atoms with Crippen molar-refractivity contribution in [3.05, 3.63) is 48.0 Å². The van der Waals surface area contributed by atoms with Gasteiger partial charge in [0.15, 0.2) is 6.04 Å². The summed E-state index contributed by atoms with van der Waals surface area (Å²) in [4.78, 5) is 55.2. The highest BCUT2D eigenvalue weighted by Gasteiger charge is 2.31. The van der Waals surface area contributed by atoms with Gasteiger partial charge in [-0.1, -0.05) is 44.2 Å². The predicted octanol–water partition coefficient (Wildman–Crippen LogP) is 0.955. The van der Waals surface area contributed by atoms with Crippen molar-refractivity contribution in [2.24, 2.45) is 5.92 Å². The summed E-state index contributed by atoms with van der Waals surface area (Å²) in [5, 5.41) is 27.4. The number of ether oxygens (including phenoxy) is 1. The van der Waals surface area contributed by atoms with Crippen LogP contribution in [0.15, 0.2) is 42.5 Å². The van der Waals surface area contributed by atoms with Gasteiger partial charge < -0.3 is 35.7 Å². The molecule has 5 N–H and O–H groups in total.